The van der Waals surface area contributed by atoms with Crippen LogP contribution in [0, 0.1) is 22.7 Å². The molecule has 0 unspecified atom stereocenters. The van der Waals surface area contributed by atoms with Crippen molar-refractivity contribution in [3.05, 3.63) is 308 Å². The molecule has 0 saturated carbocycles. The zero-order chi connectivity index (χ0) is 52.4. The summed E-state index contributed by atoms with van der Waals surface area (Å²) in [5.74, 6) is 0. The van der Waals surface area contributed by atoms with Crippen LogP contribution in [0.4, 0.5) is 34.1 Å². The first-order chi connectivity index (χ1) is 38.6. The van der Waals surface area contributed by atoms with Crippen LogP contribution in [0.2, 0.25) is 0 Å². The predicted octanol–water partition coefficient (Wildman–Crippen LogP) is 12.9. The lowest BCUT2D eigenvalue weighted by atomic mass is 9.91. The maximum atomic E-state index is 9.96. The second-order valence-corrected chi connectivity index (χ2v) is 26.5. The maximum Gasteiger partial charge on any atom is 0.179 e. The van der Waals surface area contributed by atoms with Gasteiger partial charge in [-0.25, -0.2) is 0 Å². The Kier molecular flexibility index (Phi) is 12.6. The van der Waals surface area contributed by atoms with Crippen LogP contribution >= 0.6 is 0 Å². The number of rotatable bonds is 13. The quantitative estimate of drug-likeness (QED) is 0.0656. The first-order valence-electron chi connectivity index (χ1n) is 26.4. The Labute approximate surface area is 457 Å². The highest BCUT2D eigenvalue weighted by Crippen LogP contribution is 2.47. The Morgan fingerprint density at radius 3 is 0.936 bits per heavy atom. The summed E-state index contributed by atoms with van der Waals surface area (Å²) in [6, 6.07) is 112. The van der Waals surface area contributed by atoms with E-state index in [0.717, 1.165) is 55.7 Å². The van der Waals surface area contributed by atoms with Gasteiger partial charge in [-0.2, -0.15) is 10.5 Å². The van der Waals surface area contributed by atoms with E-state index < -0.39 is 16.9 Å². The van der Waals surface area contributed by atoms with Gasteiger partial charge in [0.1, 0.15) is 8.80 Å². The molecular weight excluding hydrogens is 977 g/mol. The molecule has 0 fully saturated rings. The molecule has 0 aromatic heterocycles. The molecular formula is C72H50N4Si2. The number of nitriles is 2. The SMILES string of the molecule is N#Cc1ccc(N(c2ccc([SiH](c3ccccc3)c3ccccc3)cc2)c2ccc3ccc4c(N(c5ccc(C#N)cc5)c5ccc([Si](c6ccccc6)(c6ccccc6)c6ccccc6)cc5)ccc5ccc2c3c54)cc1. The third-order valence-electron chi connectivity index (χ3n) is 15.5. The van der Waals surface area contributed by atoms with Crippen LogP contribution in [0.25, 0.3) is 32.3 Å². The lowest BCUT2D eigenvalue weighted by molar-refractivity contribution is 1.29. The van der Waals surface area contributed by atoms with E-state index in [1.165, 1.54) is 47.1 Å². The summed E-state index contributed by atoms with van der Waals surface area (Å²) in [5.41, 5.74) is 7.26. The minimum atomic E-state index is -2.79. The van der Waals surface area contributed by atoms with E-state index in [4.69, 9.17) is 0 Å². The summed E-state index contributed by atoms with van der Waals surface area (Å²) < 4.78 is 0. The molecule has 6 heteroatoms. The average Bonchev–Trinajstić information content (AvgIpc) is 3.63. The molecule has 13 aromatic rings. The Balaban J connectivity index is 0.976. The van der Waals surface area contributed by atoms with E-state index in [0.29, 0.717) is 11.1 Å². The Morgan fingerprint density at radius 1 is 0.282 bits per heavy atom. The van der Waals surface area contributed by atoms with Gasteiger partial charge in [0.05, 0.1) is 34.6 Å². The molecule has 0 atom stereocenters. The molecule has 78 heavy (non-hydrogen) atoms. The van der Waals surface area contributed by atoms with Crippen molar-refractivity contribution in [2.45, 2.75) is 0 Å². The van der Waals surface area contributed by atoms with Gasteiger partial charge in [-0.3, -0.25) is 0 Å². The van der Waals surface area contributed by atoms with E-state index in [1.54, 1.807) is 0 Å². The van der Waals surface area contributed by atoms with Gasteiger partial charge >= 0.3 is 0 Å². The predicted molar refractivity (Wildman–Crippen MR) is 331 cm³/mol. The summed E-state index contributed by atoms with van der Waals surface area (Å²) in [6.45, 7) is 0. The molecule has 0 bridgehead atoms. The van der Waals surface area contributed by atoms with Crippen LogP contribution in [-0.2, 0) is 0 Å². The minimum absolute atomic E-state index is 0.608. The van der Waals surface area contributed by atoms with Gasteiger partial charge < -0.3 is 9.80 Å². The van der Waals surface area contributed by atoms with E-state index >= 15 is 0 Å². The Morgan fingerprint density at radius 2 is 0.577 bits per heavy atom. The molecule has 0 spiro atoms. The van der Waals surface area contributed by atoms with Gasteiger partial charge in [-0.05, 0) is 127 Å². The van der Waals surface area contributed by atoms with Crippen LogP contribution in [0.1, 0.15) is 11.1 Å². The molecule has 0 aliphatic rings. The number of hydrogen-bond donors (Lipinski definition) is 0. The summed E-state index contributed by atoms with van der Waals surface area (Å²) in [6.07, 6.45) is 0. The monoisotopic (exact) mass is 1030 g/mol. The molecule has 0 aliphatic carbocycles. The maximum absolute atomic E-state index is 9.96. The number of anilines is 6. The topological polar surface area (TPSA) is 54.1 Å². The van der Waals surface area contributed by atoms with Gasteiger partial charge in [-0.15, -0.1) is 0 Å². The molecule has 0 N–H and O–H groups in total. The number of benzene rings is 13. The van der Waals surface area contributed by atoms with Crippen molar-refractivity contribution in [2.75, 3.05) is 9.80 Å². The zero-order valence-electron chi connectivity index (χ0n) is 42.7. The van der Waals surface area contributed by atoms with Crippen LogP contribution < -0.4 is 46.1 Å². The zero-order valence-corrected chi connectivity index (χ0v) is 44.8. The van der Waals surface area contributed by atoms with E-state index in [2.05, 4.69) is 295 Å². The Bertz CT molecular complexity index is 4160. The largest absolute Gasteiger partial charge is 0.310 e. The second kappa shape index (κ2) is 20.6. The minimum Gasteiger partial charge on any atom is -0.310 e. The molecule has 366 valence electrons. The molecule has 13 aromatic carbocycles. The van der Waals surface area contributed by atoms with E-state index in [9.17, 15) is 10.5 Å². The fraction of sp³-hybridized carbons (Fsp3) is 0. The first kappa shape index (κ1) is 47.6. The lowest BCUT2D eigenvalue weighted by Crippen LogP contribution is -2.74. The lowest BCUT2D eigenvalue weighted by Gasteiger charge is -2.35. The fourth-order valence-electron chi connectivity index (χ4n) is 12.0. The standard InChI is InChI=1S/C72H50N4Si2/c73-50-52-26-34-56(35-27-52)75(58-38-42-62(43-39-58)77(60-16-6-1-7-17-60)61-18-8-2-9-19-61)69-48-32-54-31-47-68-70(49-33-55-30-46-67(69)71(54)72(55)68)76(57-36-28-53(51-74)29-37-57)59-40-44-66(45-41-59)78(63-20-10-3-11-21-63,64-22-12-4-13-23-64)65-24-14-5-15-25-65/h1-49,77H. The van der Waals surface area contributed by atoms with Crippen molar-refractivity contribution in [3.63, 3.8) is 0 Å². The summed E-state index contributed by atoms with van der Waals surface area (Å²) in [5, 5.41) is 36.1. The summed E-state index contributed by atoms with van der Waals surface area (Å²) in [4.78, 5) is 4.69. The second-order valence-electron chi connectivity index (χ2n) is 19.8. The molecule has 13 rings (SSSR count). The van der Waals surface area contributed by atoms with Crippen molar-refractivity contribution in [2.24, 2.45) is 0 Å². The van der Waals surface area contributed by atoms with E-state index in [1.807, 2.05) is 24.3 Å². The van der Waals surface area contributed by atoms with Crippen molar-refractivity contribution >= 4 is 120 Å². The molecule has 0 aliphatic heterocycles. The smallest absolute Gasteiger partial charge is 0.179 e. The normalized spacial score (nSPS) is 11.4. The molecule has 0 heterocycles. The Hall–Kier alpha value is -10.1. The van der Waals surface area contributed by atoms with Crippen molar-refractivity contribution in [3.8, 4) is 12.1 Å². The molecule has 4 nitrogen and oxygen atoms in total. The highest BCUT2D eigenvalue weighted by molar-refractivity contribution is 7.19. The van der Waals surface area contributed by atoms with Gasteiger partial charge in [-0.1, -0.05) is 228 Å². The van der Waals surface area contributed by atoms with Gasteiger partial charge in [0.15, 0.2) is 8.07 Å². The third-order valence-corrected chi connectivity index (χ3v) is 23.5. The van der Waals surface area contributed by atoms with Crippen LogP contribution in [-0.4, -0.2) is 16.9 Å². The van der Waals surface area contributed by atoms with Crippen LogP contribution in [0.3, 0.4) is 0 Å². The molecule has 0 saturated heterocycles. The van der Waals surface area contributed by atoms with Crippen molar-refractivity contribution in [1.82, 2.24) is 0 Å². The van der Waals surface area contributed by atoms with Gasteiger partial charge in [0.25, 0.3) is 0 Å². The van der Waals surface area contributed by atoms with Crippen LogP contribution in [0.5, 0.6) is 0 Å². The molecule has 0 radical (unpaired) electrons. The number of nitrogens with zero attached hydrogens (tertiary/aromatic N) is 4. The number of hydrogen-bond acceptors (Lipinski definition) is 4. The van der Waals surface area contributed by atoms with Crippen molar-refractivity contribution < 1.29 is 0 Å². The van der Waals surface area contributed by atoms with Gasteiger partial charge in [0.2, 0.25) is 0 Å². The summed E-state index contributed by atoms with van der Waals surface area (Å²) in [7, 11) is -4.58. The fourth-order valence-corrected chi connectivity index (χ4v) is 19.7. The average molecular weight is 1030 g/mol. The highest BCUT2D eigenvalue weighted by atomic mass is 28.3. The molecule has 0 amide bonds. The van der Waals surface area contributed by atoms with E-state index in [-0.39, 0.29) is 0 Å². The summed E-state index contributed by atoms with van der Waals surface area (Å²) >= 11 is 0. The van der Waals surface area contributed by atoms with Gasteiger partial charge in [0, 0.05) is 33.5 Å². The first-order valence-corrected chi connectivity index (χ1v) is 30.1. The van der Waals surface area contributed by atoms with Crippen LogP contribution in [0.15, 0.2) is 297 Å². The third kappa shape index (κ3) is 8.39. The highest BCUT2D eigenvalue weighted by Gasteiger charge is 2.41. The van der Waals surface area contributed by atoms with Crippen molar-refractivity contribution in [1.29, 1.82) is 10.5 Å².